The van der Waals surface area contributed by atoms with Gasteiger partial charge >= 0.3 is 0 Å². The SMILES string of the molecule is CC1CCN(C(=O)CCc2nc(-c3ccccn3)no2)C(CN)C1.Cl.Cl. The molecule has 3 heterocycles. The second-order valence-electron chi connectivity index (χ2n) is 6.33. The summed E-state index contributed by atoms with van der Waals surface area (Å²) in [5.74, 6) is 1.64. The molecule has 0 bridgehead atoms. The molecule has 2 aromatic heterocycles. The van der Waals surface area contributed by atoms with Crippen LogP contribution in [-0.4, -0.2) is 45.1 Å². The number of halogens is 2. The number of aromatic nitrogens is 3. The minimum Gasteiger partial charge on any atom is -0.339 e. The third-order valence-corrected chi connectivity index (χ3v) is 4.49. The summed E-state index contributed by atoms with van der Waals surface area (Å²) in [6, 6.07) is 5.66. The van der Waals surface area contributed by atoms with E-state index in [2.05, 4.69) is 22.0 Å². The first-order chi connectivity index (χ1) is 11.7. The average Bonchev–Trinajstić information content (AvgIpc) is 3.09. The highest BCUT2D eigenvalue weighted by Gasteiger charge is 2.28. The summed E-state index contributed by atoms with van der Waals surface area (Å²) in [4.78, 5) is 22.9. The van der Waals surface area contributed by atoms with Crippen LogP contribution < -0.4 is 5.73 Å². The Morgan fingerprint density at radius 3 is 2.88 bits per heavy atom. The van der Waals surface area contributed by atoms with Crippen LogP contribution in [0.5, 0.6) is 0 Å². The van der Waals surface area contributed by atoms with E-state index in [-0.39, 0.29) is 36.8 Å². The van der Waals surface area contributed by atoms with Crippen LogP contribution in [-0.2, 0) is 11.2 Å². The van der Waals surface area contributed by atoms with E-state index in [0.717, 1.165) is 19.4 Å². The maximum absolute atomic E-state index is 12.5. The fraction of sp³-hybridized carbons (Fsp3) is 0.529. The van der Waals surface area contributed by atoms with Gasteiger partial charge in [-0.3, -0.25) is 9.78 Å². The molecule has 26 heavy (non-hydrogen) atoms. The van der Waals surface area contributed by atoms with Gasteiger partial charge in [0.05, 0.1) is 0 Å². The van der Waals surface area contributed by atoms with E-state index in [1.54, 1.807) is 6.20 Å². The summed E-state index contributed by atoms with van der Waals surface area (Å²) < 4.78 is 5.23. The first kappa shape index (κ1) is 22.3. The molecule has 1 aliphatic rings. The molecule has 1 aliphatic heterocycles. The number of piperidine rings is 1. The van der Waals surface area contributed by atoms with Crippen molar-refractivity contribution in [1.82, 2.24) is 20.0 Å². The number of nitrogens with two attached hydrogens (primary N) is 1. The van der Waals surface area contributed by atoms with Crippen LogP contribution in [0.1, 0.15) is 32.1 Å². The molecule has 9 heteroatoms. The highest BCUT2D eigenvalue weighted by molar-refractivity contribution is 5.85. The molecule has 2 unspecified atom stereocenters. The first-order valence-corrected chi connectivity index (χ1v) is 8.41. The van der Waals surface area contributed by atoms with Crippen LogP contribution in [0.15, 0.2) is 28.9 Å². The van der Waals surface area contributed by atoms with E-state index in [0.29, 0.717) is 42.7 Å². The zero-order valence-corrected chi connectivity index (χ0v) is 16.3. The fourth-order valence-electron chi connectivity index (χ4n) is 3.12. The predicted octanol–water partition coefficient (Wildman–Crippen LogP) is 2.49. The zero-order chi connectivity index (χ0) is 16.9. The lowest BCUT2D eigenvalue weighted by Gasteiger charge is -2.38. The summed E-state index contributed by atoms with van der Waals surface area (Å²) >= 11 is 0. The van der Waals surface area contributed by atoms with Crippen molar-refractivity contribution in [3.63, 3.8) is 0 Å². The van der Waals surface area contributed by atoms with Gasteiger partial charge in [-0.05, 0) is 30.9 Å². The predicted molar refractivity (Wildman–Crippen MR) is 103 cm³/mol. The van der Waals surface area contributed by atoms with Gasteiger partial charge in [0, 0.05) is 38.2 Å². The van der Waals surface area contributed by atoms with Crippen LogP contribution >= 0.6 is 24.8 Å². The molecule has 1 fully saturated rings. The van der Waals surface area contributed by atoms with Crippen molar-refractivity contribution in [2.24, 2.45) is 11.7 Å². The number of likely N-dealkylation sites (tertiary alicyclic amines) is 1. The molecular weight excluding hydrogens is 377 g/mol. The fourth-order valence-corrected chi connectivity index (χ4v) is 3.12. The topological polar surface area (TPSA) is 98.1 Å². The van der Waals surface area contributed by atoms with Gasteiger partial charge in [0.15, 0.2) is 0 Å². The molecule has 0 aromatic carbocycles. The Bertz CT molecular complexity index is 683. The van der Waals surface area contributed by atoms with Gasteiger partial charge in [0.2, 0.25) is 17.6 Å². The van der Waals surface area contributed by atoms with Gasteiger partial charge in [0.1, 0.15) is 5.69 Å². The van der Waals surface area contributed by atoms with E-state index in [1.807, 2.05) is 23.1 Å². The van der Waals surface area contributed by atoms with E-state index in [4.69, 9.17) is 10.3 Å². The average molecular weight is 402 g/mol. The molecule has 1 amide bonds. The van der Waals surface area contributed by atoms with Crippen molar-refractivity contribution in [3.05, 3.63) is 30.3 Å². The maximum Gasteiger partial charge on any atom is 0.227 e. The highest BCUT2D eigenvalue weighted by Crippen LogP contribution is 2.23. The minimum atomic E-state index is 0. The third kappa shape index (κ3) is 5.40. The van der Waals surface area contributed by atoms with Crippen LogP contribution in [0.4, 0.5) is 0 Å². The Balaban J connectivity index is 0.00000169. The molecule has 2 atom stereocenters. The molecule has 0 spiro atoms. The number of carbonyl (C=O) groups is 1. The van der Waals surface area contributed by atoms with Crippen molar-refractivity contribution < 1.29 is 9.32 Å². The summed E-state index contributed by atoms with van der Waals surface area (Å²) in [5, 5.41) is 3.92. The van der Waals surface area contributed by atoms with Crippen LogP contribution in [0.3, 0.4) is 0 Å². The number of hydrogen-bond donors (Lipinski definition) is 1. The number of aryl methyl sites for hydroxylation is 1. The molecule has 2 N–H and O–H groups in total. The number of carbonyl (C=O) groups excluding carboxylic acids is 1. The normalized spacial score (nSPS) is 19.4. The second kappa shape index (κ2) is 10.4. The lowest BCUT2D eigenvalue weighted by atomic mass is 9.92. The second-order valence-corrected chi connectivity index (χ2v) is 6.33. The number of hydrogen-bond acceptors (Lipinski definition) is 6. The Hall–Kier alpha value is -1.70. The summed E-state index contributed by atoms with van der Waals surface area (Å²) in [6.45, 7) is 3.51. The Morgan fingerprint density at radius 1 is 1.38 bits per heavy atom. The molecule has 0 aliphatic carbocycles. The summed E-state index contributed by atoms with van der Waals surface area (Å²) in [5.41, 5.74) is 6.49. The zero-order valence-electron chi connectivity index (χ0n) is 14.7. The van der Waals surface area contributed by atoms with E-state index in [9.17, 15) is 4.79 Å². The van der Waals surface area contributed by atoms with Gasteiger partial charge in [-0.15, -0.1) is 24.8 Å². The quantitative estimate of drug-likeness (QED) is 0.825. The van der Waals surface area contributed by atoms with E-state index >= 15 is 0 Å². The Labute approximate surface area is 165 Å². The standard InChI is InChI=1S/C17H23N5O2.2ClH/c1-12-7-9-22(13(10-12)11-18)16(23)6-5-15-20-17(21-24-15)14-4-2-3-8-19-14;;/h2-4,8,12-13H,5-7,9-11,18H2,1H3;2*1H. The van der Waals surface area contributed by atoms with Crippen molar-refractivity contribution in [3.8, 4) is 11.5 Å². The minimum absolute atomic E-state index is 0. The van der Waals surface area contributed by atoms with Crippen molar-refractivity contribution in [1.29, 1.82) is 0 Å². The Kier molecular flexibility index (Phi) is 8.98. The van der Waals surface area contributed by atoms with Crippen LogP contribution in [0.2, 0.25) is 0 Å². The van der Waals surface area contributed by atoms with Gasteiger partial charge in [-0.25, -0.2) is 0 Å². The monoisotopic (exact) mass is 401 g/mol. The van der Waals surface area contributed by atoms with Gasteiger partial charge < -0.3 is 15.2 Å². The maximum atomic E-state index is 12.5. The summed E-state index contributed by atoms with van der Waals surface area (Å²) in [6.07, 6.45) is 4.48. The lowest BCUT2D eigenvalue weighted by molar-refractivity contribution is -0.135. The van der Waals surface area contributed by atoms with Crippen molar-refractivity contribution in [2.75, 3.05) is 13.1 Å². The van der Waals surface area contributed by atoms with Crippen molar-refractivity contribution in [2.45, 2.75) is 38.6 Å². The van der Waals surface area contributed by atoms with Gasteiger partial charge in [-0.2, -0.15) is 4.98 Å². The third-order valence-electron chi connectivity index (χ3n) is 4.49. The largest absolute Gasteiger partial charge is 0.339 e. The van der Waals surface area contributed by atoms with Gasteiger partial charge in [-0.1, -0.05) is 18.1 Å². The molecule has 7 nitrogen and oxygen atoms in total. The van der Waals surface area contributed by atoms with Crippen LogP contribution in [0.25, 0.3) is 11.5 Å². The number of rotatable bonds is 5. The molecular formula is C17H25Cl2N5O2. The molecule has 3 rings (SSSR count). The molecule has 1 saturated heterocycles. The smallest absolute Gasteiger partial charge is 0.227 e. The van der Waals surface area contributed by atoms with E-state index in [1.165, 1.54) is 0 Å². The first-order valence-electron chi connectivity index (χ1n) is 8.41. The Morgan fingerprint density at radius 2 is 2.19 bits per heavy atom. The lowest BCUT2D eigenvalue weighted by Crippen LogP contribution is -2.49. The number of amides is 1. The van der Waals surface area contributed by atoms with Gasteiger partial charge in [0.25, 0.3) is 0 Å². The molecule has 2 aromatic rings. The van der Waals surface area contributed by atoms with Crippen molar-refractivity contribution >= 4 is 30.7 Å². The highest BCUT2D eigenvalue weighted by atomic mass is 35.5. The van der Waals surface area contributed by atoms with E-state index < -0.39 is 0 Å². The molecule has 0 radical (unpaired) electrons. The number of pyridine rings is 1. The van der Waals surface area contributed by atoms with Crippen LogP contribution in [0, 0.1) is 5.92 Å². The summed E-state index contributed by atoms with van der Waals surface area (Å²) in [7, 11) is 0. The molecule has 0 saturated carbocycles. The number of nitrogens with zero attached hydrogens (tertiary/aromatic N) is 4. The molecule has 144 valence electrons.